The Morgan fingerprint density at radius 1 is 0.821 bits per heavy atom. The van der Waals surface area contributed by atoms with E-state index >= 15 is 0 Å². The predicted octanol–water partition coefficient (Wildman–Crippen LogP) is 7.57. The number of carboxylic acids is 1. The van der Waals surface area contributed by atoms with Crippen molar-refractivity contribution in [2.24, 2.45) is 0 Å². The van der Waals surface area contributed by atoms with Gasteiger partial charge in [-0.15, -0.1) is 0 Å². The lowest BCUT2D eigenvalue weighted by molar-refractivity contribution is -0.138. The summed E-state index contributed by atoms with van der Waals surface area (Å²) >= 11 is 0. The fourth-order valence-corrected chi connectivity index (χ4v) is 5.56. The molecule has 1 saturated heterocycles. The summed E-state index contributed by atoms with van der Waals surface area (Å²) in [6, 6.07) is 0.399. The first-order valence-electron chi connectivity index (χ1n) is 12.2. The molecule has 28 heavy (non-hydrogen) atoms. The molecule has 0 aromatic heterocycles. The van der Waals surface area contributed by atoms with Crippen molar-refractivity contribution in [1.29, 1.82) is 0 Å². The Bertz CT molecular complexity index is 414. The van der Waals surface area contributed by atoms with Gasteiger partial charge in [0, 0.05) is 23.5 Å². The summed E-state index contributed by atoms with van der Waals surface area (Å²) in [6.45, 7) is 11.7. The van der Waals surface area contributed by atoms with Crippen LogP contribution in [0.5, 0.6) is 0 Å². The zero-order valence-corrected chi connectivity index (χ0v) is 19.7. The van der Waals surface area contributed by atoms with E-state index in [1.54, 1.807) is 0 Å². The van der Waals surface area contributed by atoms with Crippen molar-refractivity contribution >= 4 is 5.97 Å². The van der Waals surface area contributed by atoms with Crippen LogP contribution >= 0.6 is 0 Å². The highest BCUT2D eigenvalue weighted by Crippen LogP contribution is 2.41. The van der Waals surface area contributed by atoms with Crippen molar-refractivity contribution in [3.05, 3.63) is 0 Å². The van der Waals surface area contributed by atoms with Crippen LogP contribution in [-0.2, 0) is 4.79 Å². The number of nitrogens with zero attached hydrogens (tertiary/aromatic N) is 1. The smallest absolute Gasteiger partial charge is 0.303 e. The molecule has 0 bridgehead atoms. The number of likely N-dealkylation sites (tertiary alicyclic amines) is 1. The molecule has 1 unspecified atom stereocenters. The molecular formula is C25H49NO2. The largest absolute Gasteiger partial charge is 0.481 e. The van der Waals surface area contributed by atoms with Gasteiger partial charge in [0.15, 0.2) is 0 Å². The lowest BCUT2D eigenvalue weighted by Crippen LogP contribution is -2.62. The van der Waals surface area contributed by atoms with Crippen LogP contribution in [0.25, 0.3) is 0 Å². The van der Waals surface area contributed by atoms with Crippen molar-refractivity contribution in [3.63, 3.8) is 0 Å². The van der Waals surface area contributed by atoms with E-state index in [-0.39, 0.29) is 11.1 Å². The second kappa shape index (κ2) is 12.9. The molecule has 1 atom stereocenters. The number of hydrogen-bond donors (Lipinski definition) is 1. The molecule has 3 heteroatoms. The normalized spacial score (nSPS) is 20.2. The molecule has 0 radical (unpaired) electrons. The van der Waals surface area contributed by atoms with Crippen molar-refractivity contribution in [2.75, 3.05) is 0 Å². The summed E-state index contributed by atoms with van der Waals surface area (Å²) in [7, 11) is 0. The molecule has 1 rings (SSSR count). The third-order valence-electron chi connectivity index (χ3n) is 6.83. The molecule has 1 N–H and O–H groups in total. The van der Waals surface area contributed by atoms with Gasteiger partial charge in [-0.3, -0.25) is 9.69 Å². The second-order valence-corrected chi connectivity index (χ2v) is 10.4. The fraction of sp³-hybridized carbons (Fsp3) is 0.960. The van der Waals surface area contributed by atoms with Crippen molar-refractivity contribution in [2.45, 2.75) is 154 Å². The fourth-order valence-electron chi connectivity index (χ4n) is 5.56. The van der Waals surface area contributed by atoms with Gasteiger partial charge < -0.3 is 5.11 Å². The summed E-state index contributed by atoms with van der Waals surface area (Å²) in [5, 5.41) is 9.25. The molecular weight excluding hydrogens is 346 g/mol. The van der Waals surface area contributed by atoms with Crippen LogP contribution in [0, 0.1) is 0 Å². The number of rotatable bonds is 15. The van der Waals surface area contributed by atoms with Crippen LogP contribution in [0.2, 0.25) is 0 Å². The topological polar surface area (TPSA) is 40.5 Å². The minimum atomic E-state index is -0.652. The highest BCUT2D eigenvalue weighted by Gasteiger charge is 2.44. The van der Waals surface area contributed by atoms with Crippen molar-refractivity contribution in [1.82, 2.24) is 4.90 Å². The standard InChI is InChI=1S/C25H49NO2/c1-6-7-8-9-10-11-12-13-14-15-17-22(18-19-23(27)28)26-24(2,3)20-16-21-25(26,4)5/h22H,6-21H2,1-5H3,(H,27,28). The molecule has 1 aliphatic rings. The number of hydrogen-bond acceptors (Lipinski definition) is 2. The Morgan fingerprint density at radius 2 is 1.29 bits per heavy atom. The van der Waals surface area contributed by atoms with Gasteiger partial charge >= 0.3 is 5.97 Å². The SMILES string of the molecule is CCCCCCCCCCCCC(CCC(=O)O)N1C(C)(C)CCCC1(C)C. The van der Waals surface area contributed by atoms with Crippen LogP contribution in [-0.4, -0.2) is 33.1 Å². The average molecular weight is 396 g/mol. The van der Waals surface area contributed by atoms with E-state index in [1.807, 2.05) is 0 Å². The van der Waals surface area contributed by atoms with Crippen LogP contribution in [0.15, 0.2) is 0 Å². The van der Waals surface area contributed by atoms with Gasteiger partial charge in [-0.1, -0.05) is 71.1 Å². The third kappa shape index (κ3) is 9.29. The monoisotopic (exact) mass is 395 g/mol. The number of aliphatic carboxylic acids is 1. The van der Waals surface area contributed by atoms with Gasteiger partial charge in [0.05, 0.1) is 0 Å². The first-order valence-corrected chi connectivity index (χ1v) is 12.2. The summed E-state index contributed by atoms with van der Waals surface area (Å²) in [5.41, 5.74) is 0.340. The van der Waals surface area contributed by atoms with E-state index in [2.05, 4.69) is 39.5 Å². The number of unbranched alkanes of at least 4 members (excludes halogenated alkanes) is 9. The van der Waals surface area contributed by atoms with Gasteiger partial charge in [-0.05, 0) is 59.8 Å². The third-order valence-corrected chi connectivity index (χ3v) is 6.83. The maximum absolute atomic E-state index is 11.2. The summed E-state index contributed by atoms with van der Waals surface area (Å²) in [5.74, 6) is -0.652. The Kier molecular flexibility index (Phi) is 11.7. The highest BCUT2D eigenvalue weighted by atomic mass is 16.4. The van der Waals surface area contributed by atoms with E-state index in [4.69, 9.17) is 0 Å². The van der Waals surface area contributed by atoms with E-state index in [0.29, 0.717) is 12.5 Å². The van der Waals surface area contributed by atoms with Gasteiger partial charge in [0.2, 0.25) is 0 Å². The minimum absolute atomic E-state index is 0.170. The first kappa shape index (κ1) is 25.5. The molecule has 0 saturated carbocycles. The Morgan fingerprint density at radius 3 is 1.75 bits per heavy atom. The molecule has 0 spiro atoms. The molecule has 3 nitrogen and oxygen atoms in total. The zero-order valence-electron chi connectivity index (χ0n) is 19.7. The first-order chi connectivity index (χ1) is 13.2. The summed E-state index contributed by atoms with van der Waals surface area (Å²) < 4.78 is 0. The van der Waals surface area contributed by atoms with Gasteiger partial charge in [-0.2, -0.15) is 0 Å². The lowest BCUT2D eigenvalue weighted by atomic mass is 9.77. The summed E-state index contributed by atoms with van der Waals surface area (Å²) in [4.78, 5) is 13.9. The predicted molar refractivity (Wildman–Crippen MR) is 121 cm³/mol. The van der Waals surface area contributed by atoms with Crippen molar-refractivity contribution in [3.8, 4) is 0 Å². The Labute approximate surface area is 175 Å². The van der Waals surface area contributed by atoms with Gasteiger partial charge in [-0.25, -0.2) is 0 Å². The number of carbonyl (C=O) groups is 1. The maximum Gasteiger partial charge on any atom is 0.303 e. The molecule has 0 aliphatic carbocycles. The second-order valence-electron chi connectivity index (χ2n) is 10.4. The van der Waals surface area contributed by atoms with Crippen LogP contribution < -0.4 is 0 Å². The number of carboxylic acid groups (broad SMARTS) is 1. The van der Waals surface area contributed by atoms with Gasteiger partial charge in [0.25, 0.3) is 0 Å². The van der Waals surface area contributed by atoms with Crippen LogP contribution in [0.4, 0.5) is 0 Å². The van der Waals surface area contributed by atoms with E-state index in [9.17, 15) is 9.90 Å². The molecule has 1 heterocycles. The Balaban J connectivity index is 2.44. The van der Waals surface area contributed by atoms with E-state index < -0.39 is 5.97 Å². The maximum atomic E-state index is 11.2. The minimum Gasteiger partial charge on any atom is -0.481 e. The molecule has 0 amide bonds. The lowest BCUT2D eigenvalue weighted by Gasteiger charge is -2.56. The summed E-state index contributed by atoms with van der Waals surface area (Å²) in [6.07, 6.45) is 19.5. The Hall–Kier alpha value is -0.570. The molecule has 1 aliphatic heterocycles. The van der Waals surface area contributed by atoms with Crippen LogP contribution in [0.3, 0.4) is 0 Å². The molecule has 166 valence electrons. The van der Waals surface area contributed by atoms with Gasteiger partial charge in [0.1, 0.15) is 0 Å². The van der Waals surface area contributed by atoms with Crippen molar-refractivity contribution < 1.29 is 9.90 Å². The highest BCUT2D eigenvalue weighted by molar-refractivity contribution is 5.66. The zero-order chi connectivity index (χ0) is 21.0. The van der Waals surface area contributed by atoms with E-state index in [0.717, 1.165) is 12.8 Å². The average Bonchev–Trinajstić information content (AvgIpc) is 2.59. The van der Waals surface area contributed by atoms with Crippen LogP contribution in [0.1, 0.15) is 137 Å². The quantitative estimate of drug-likeness (QED) is 0.291. The molecule has 0 aromatic rings. The molecule has 0 aromatic carbocycles. The van der Waals surface area contributed by atoms with E-state index in [1.165, 1.54) is 83.5 Å². The number of piperidine rings is 1. The molecule has 1 fully saturated rings.